The van der Waals surface area contributed by atoms with Crippen LogP contribution < -0.4 is 10.6 Å². The molecule has 0 fully saturated rings. The van der Waals surface area contributed by atoms with Crippen LogP contribution in [0.25, 0.3) is 0 Å². The molecular formula is C11H16ClFN2. The maximum absolute atomic E-state index is 13.1. The highest BCUT2D eigenvalue weighted by Crippen LogP contribution is 2.30. The number of rotatable bonds is 3. The van der Waals surface area contributed by atoms with Gasteiger partial charge in [-0.1, -0.05) is 11.6 Å². The van der Waals surface area contributed by atoms with Crippen molar-refractivity contribution < 1.29 is 4.39 Å². The van der Waals surface area contributed by atoms with Gasteiger partial charge in [-0.25, -0.2) is 4.39 Å². The Bertz CT molecular complexity index is 353. The lowest BCUT2D eigenvalue weighted by atomic mass is 10.2. The quantitative estimate of drug-likeness (QED) is 0.808. The summed E-state index contributed by atoms with van der Waals surface area (Å²) in [5.41, 5.74) is 6.98. The van der Waals surface area contributed by atoms with E-state index >= 15 is 0 Å². The second kappa shape index (κ2) is 4.71. The van der Waals surface area contributed by atoms with Gasteiger partial charge in [0.15, 0.2) is 0 Å². The molecule has 84 valence electrons. The SMILES string of the molecule is CCN(c1cc(Cl)c(F)cc1N)C(C)C. The van der Waals surface area contributed by atoms with E-state index in [1.807, 2.05) is 6.92 Å². The molecule has 0 aliphatic carbocycles. The summed E-state index contributed by atoms with van der Waals surface area (Å²) in [6, 6.07) is 3.15. The van der Waals surface area contributed by atoms with Gasteiger partial charge < -0.3 is 10.6 Å². The lowest BCUT2D eigenvalue weighted by molar-refractivity contribution is 0.627. The van der Waals surface area contributed by atoms with Gasteiger partial charge in [0.2, 0.25) is 0 Å². The van der Waals surface area contributed by atoms with Gasteiger partial charge in [0.05, 0.1) is 16.4 Å². The molecular weight excluding hydrogens is 215 g/mol. The fourth-order valence-corrected chi connectivity index (χ4v) is 1.77. The zero-order valence-corrected chi connectivity index (χ0v) is 9.98. The predicted molar refractivity (Wildman–Crippen MR) is 64.0 cm³/mol. The minimum atomic E-state index is -0.474. The molecule has 0 aromatic heterocycles. The van der Waals surface area contributed by atoms with Crippen LogP contribution >= 0.6 is 11.6 Å². The Labute approximate surface area is 94.8 Å². The van der Waals surface area contributed by atoms with Crippen LogP contribution in [0, 0.1) is 5.82 Å². The Morgan fingerprint density at radius 3 is 2.53 bits per heavy atom. The van der Waals surface area contributed by atoms with Gasteiger partial charge in [0.1, 0.15) is 5.82 Å². The summed E-state index contributed by atoms with van der Waals surface area (Å²) in [6.45, 7) is 6.95. The van der Waals surface area contributed by atoms with E-state index < -0.39 is 5.82 Å². The van der Waals surface area contributed by atoms with Crippen LogP contribution in [0.2, 0.25) is 5.02 Å². The average molecular weight is 231 g/mol. The van der Waals surface area contributed by atoms with Crippen molar-refractivity contribution >= 4 is 23.0 Å². The van der Waals surface area contributed by atoms with Gasteiger partial charge in [-0.2, -0.15) is 0 Å². The first-order chi connectivity index (χ1) is 6.97. The smallest absolute Gasteiger partial charge is 0.143 e. The third-order valence-corrected chi connectivity index (χ3v) is 2.63. The second-order valence-electron chi connectivity index (χ2n) is 3.70. The van der Waals surface area contributed by atoms with Crippen LogP contribution in [0.1, 0.15) is 20.8 Å². The molecule has 0 amide bonds. The fraction of sp³-hybridized carbons (Fsp3) is 0.455. The van der Waals surface area contributed by atoms with Crippen molar-refractivity contribution in [2.75, 3.05) is 17.2 Å². The largest absolute Gasteiger partial charge is 0.397 e. The van der Waals surface area contributed by atoms with Crippen LogP contribution in [-0.2, 0) is 0 Å². The fourth-order valence-electron chi connectivity index (χ4n) is 1.61. The van der Waals surface area contributed by atoms with Crippen molar-refractivity contribution in [1.82, 2.24) is 0 Å². The minimum Gasteiger partial charge on any atom is -0.397 e. The molecule has 0 heterocycles. The molecule has 1 aromatic rings. The highest BCUT2D eigenvalue weighted by atomic mass is 35.5. The van der Waals surface area contributed by atoms with Crippen molar-refractivity contribution in [1.29, 1.82) is 0 Å². The topological polar surface area (TPSA) is 29.3 Å². The van der Waals surface area contributed by atoms with Gasteiger partial charge in [-0.05, 0) is 26.8 Å². The van der Waals surface area contributed by atoms with Crippen molar-refractivity contribution in [2.45, 2.75) is 26.8 Å². The maximum Gasteiger partial charge on any atom is 0.143 e. The Morgan fingerprint density at radius 2 is 2.07 bits per heavy atom. The zero-order valence-electron chi connectivity index (χ0n) is 9.22. The van der Waals surface area contributed by atoms with Crippen molar-refractivity contribution in [3.63, 3.8) is 0 Å². The van der Waals surface area contributed by atoms with Crippen molar-refractivity contribution in [3.05, 3.63) is 23.0 Å². The summed E-state index contributed by atoms with van der Waals surface area (Å²) < 4.78 is 13.1. The van der Waals surface area contributed by atoms with E-state index in [0.29, 0.717) is 11.7 Å². The van der Waals surface area contributed by atoms with E-state index in [-0.39, 0.29) is 5.02 Å². The summed E-state index contributed by atoms with van der Waals surface area (Å²) in [5, 5.41) is 0.110. The van der Waals surface area contributed by atoms with E-state index in [1.54, 1.807) is 6.07 Å². The highest BCUT2D eigenvalue weighted by molar-refractivity contribution is 6.31. The normalized spacial score (nSPS) is 10.8. The first kappa shape index (κ1) is 12.1. The zero-order chi connectivity index (χ0) is 11.6. The van der Waals surface area contributed by atoms with Crippen LogP contribution in [0.3, 0.4) is 0 Å². The van der Waals surface area contributed by atoms with Crippen molar-refractivity contribution in [2.24, 2.45) is 0 Å². The third-order valence-electron chi connectivity index (χ3n) is 2.34. The Balaban J connectivity index is 3.18. The maximum atomic E-state index is 13.1. The first-order valence-corrected chi connectivity index (χ1v) is 5.36. The first-order valence-electron chi connectivity index (χ1n) is 4.98. The van der Waals surface area contributed by atoms with Crippen molar-refractivity contribution in [3.8, 4) is 0 Å². The summed E-state index contributed by atoms with van der Waals surface area (Å²) in [6.07, 6.45) is 0. The lowest BCUT2D eigenvalue weighted by Crippen LogP contribution is -2.31. The lowest BCUT2D eigenvalue weighted by Gasteiger charge is -2.28. The molecule has 0 bridgehead atoms. The van der Waals surface area contributed by atoms with E-state index in [2.05, 4.69) is 18.7 Å². The van der Waals surface area contributed by atoms with Gasteiger partial charge in [-0.3, -0.25) is 0 Å². The number of anilines is 2. The average Bonchev–Trinajstić information content (AvgIpc) is 2.14. The molecule has 0 aliphatic rings. The molecule has 0 atom stereocenters. The summed E-state index contributed by atoms with van der Waals surface area (Å²) >= 11 is 5.73. The molecule has 4 heteroatoms. The summed E-state index contributed by atoms with van der Waals surface area (Å²) in [7, 11) is 0. The Hall–Kier alpha value is -0.960. The predicted octanol–water partition coefficient (Wildman–Crippen LogP) is 3.30. The van der Waals surface area contributed by atoms with Crippen LogP contribution in [0.5, 0.6) is 0 Å². The molecule has 0 spiro atoms. The number of hydrogen-bond acceptors (Lipinski definition) is 2. The molecule has 2 nitrogen and oxygen atoms in total. The van der Waals surface area contributed by atoms with Gasteiger partial charge in [-0.15, -0.1) is 0 Å². The third kappa shape index (κ3) is 2.53. The summed E-state index contributed by atoms with van der Waals surface area (Å²) in [5.74, 6) is -0.474. The summed E-state index contributed by atoms with van der Waals surface area (Å²) in [4.78, 5) is 2.07. The van der Waals surface area contributed by atoms with E-state index in [0.717, 1.165) is 12.2 Å². The molecule has 0 radical (unpaired) electrons. The molecule has 0 saturated heterocycles. The molecule has 0 saturated carbocycles. The van der Waals surface area contributed by atoms with Crippen LogP contribution in [-0.4, -0.2) is 12.6 Å². The number of nitrogens with two attached hydrogens (primary N) is 1. The van der Waals surface area contributed by atoms with Gasteiger partial charge >= 0.3 is 0 Å². The molecule has 1 rings (SSSR count). The van der Waals surface area contributed by atoms with Crippen LogP contribution in [0.15, 0.2) is 12.1 Å². The minimum absolute atomic E-state index is 0.110. The number of nitrogens with zero attached hydrogens (tertiary/aromatic N) is 1. The van der Waals surface area contributed by atoms with E-state index in [1.165, 1.54) is 6.07 Å². The monoisotopic (exact) mass is 230 g/mol. The number of halogens is 2. The Morgan fingerprint density at radius 1 is 1.47 bits per heavy atom. The second-order valence-corrected chi connectivity index (χ2v) is 4.11. The van der Waals surface area contributed by atoms with E-state index in [4.69, 9.17) is 17.3 Å². The molecule has 15 heavy (non-hydrogen) atoms. The number of hydrogen-bond donors (Lipinski definition) is 1. The van der Waals surface area contributed by atoms with Crippen LogP contribution in [0.4, 0.5) is 15.8 Å². The highest BCUT2D eigenvalue weighted by Gasteiger charge is 2.14. The van der Waals surface area contributed by atoms with Gasteiger partial charge in [0.25, 0.3) is 0 Å². The standard InChI is InChI=1S/C11H16ClFN2/c1-4-15(7(2)3)11-5-8(12)9(13)6-10(11)14/h5-7H,4,14H2,1-3H3. The number of benzene rings is 1. The molecule has 1 aromatic carbocycles. The van der Waals surface area contributed by atoms with E-state index in [9.17, 15) is 4.39 Å². The Kier molecular flexibility index (Phi) is 3.80. The molecule has 2 N–H and O–H groups in total. The molecule has 0 aliphatic heterocycles. The van der Waals surface area contributed by atoms with Gasteiger partial charge in [0, 0.05) is 18.7 Å². The number of nitrogen functional groups attached to an aromatic ring is 1. The molecule has 0 unspecified atom stereocenters.